The molecule has 3 heteroatoms. The van der Waals surface area contributed by atoms with Gasteiger partial charge in [-0.25, -0.2) is 4.39 Å². The fourth-order valence-electron chi connectivity index (χ4n) is 1.31. The molecule has 0 spiro atoms. The second-order valence-electron chi connectivity index (χ2n) is 3.58. The van der Waals surface area contributed by atoms with E-state index in [1.807, 2.05) is 13.8 Å². The van der Waals surface area contributed by atoms with E-state index in [1.165, 1.54) is 0 Å². The summed E-state index contributed by atoms with van der Waals surface area (Å²) in [5.41, 5.74) is 0.863. The number of ether oxygens (including phenoxy) is 1. The second-order valence-corrected chi connectivity index (χ2v) is 4.02. The van der Waals surface area contributed by atoms with E-state index in [2.05, 4.69) is 0 Å². The Morgan fingerprint density at radius 1 is 1.47 bits per heavy atom. The highest BCUT2D eigenvalue weighted by molar-refractivity contribution is 6.30. The summed E-state index contributed by atoms with van der Waals surface area (Å²) < 4.78 is 18.5. The normalized spacial score (nSPS) is 12.5. The Morgan fingerprint density at radius 2 is 2.20 bits per heavy atom. The lowest BCUT2D eigenvalue weighted by Crippen LogP contribution is -2.10. The Hall–Kier alpha value is -0.760. The summed E-state index contributed by atoms with van der Waals surface area (Å²) >= 11 is 5.79. The van der Waals surface area contributed by atoms with Gasteiger partial charge in [0, 0.05) is 11.4 Å². The number of alkyl halides is 1. The van der Waals surface area contributed by atoms with Crippen molar-refractivity contribution < 1.29 is 9.13 Å². The maximum absolute atomic E-state index is 13.3. The van der Waals surface area contributed by atoms with Gasteiger partial charge in [0.1, 0.15) is 5.75 Å². The highest BCUT2D eigenvalue weighted by Crippen LogP contribution is 2.24. The molecule has 1 aromatic carbocycles. The van der Waals surface area contributed by atoms with E-state index in [1.54, 1.807) is 18.2 Å². The number of halogens is 2. The lowest BCUT2D eigenvalue weighted by Gasteiger charge is -2.13. The summed E-state index contributed by atoms with van der Waals surface area (Å²) in [6.07, 6.45) is 1.04. The van der Waals surface area contributed by atoms with Gasteiger partial charge in [0.15, 0.2) is 0 Å². The number of hydrogen-bond donors (Lipinski definition) is 0. The first-order valence-corrected chi connectivity index (χ1v) is 5.58. The molecule has 0 saturated carbocycles. The summed E-state index contributed by atoms with van der Waals surface area (Å²) in [4.78, 5) is 0. The van der Waals surface area contributed by atoms with E-state index in [0.29, 0.717) is 17.2 Å². The van der Waals surface area contributed by atoms with Crippen molar-refractivity contribution in [3.8, 4) is 5.75 Å². The van der Waals surface area contributed by atoms with Crippen molar-refractivity contribution in [2.24, 2.45) is 0 Å². The van der Waals surface area contributed by atoms with Gasteiger partial charge in [0.05, 0.1) is 0 Å². The molecule has 0 aliphatic carbocycles. The molecule has 0 N–H and O–H groups in total. The van der Waals surface area contributed by atoms with Crippen LogP contribution in [0.3, 0.4) is 0 Å². The topological polar surface area (TPSA) is 9.23 Å². The Morgan fingerprint density at radius 3 is 2.80 bits per heavy atom. The van der Waals surface area contributed by atoms with Crippen LogP contribution >= 0.6 is 11.6 Å². The first-order chi connectivity index (χ1) is 7.13. The minimum absolute atomic E-state index is 0.443. The van der Waals surface area contributed by atoms with Gasteiger partial charge in [0.25, 0.3) is 0 Å². The van der Waals surface area contributed by atoms with Gasteiger partial charge in [-0.05, 0) is 37.1 Å². The number of hydrogen-bond acceptors (Lipinski definition) is 1. The van der Waals surface area contributed by atoms with E-state index >= 15 is 0 Å². The third-order valence-electron chi connectivity index (χ3n) is 2.18. The molecular weight excluding hydrogens is 215 g/mol. The van der Waals surface area contributed by atoms with Crippen LogP contribution in [0.2, 0.25) is 5.02 Å². The highest BCUT2D eigenvalue weighted by atomic mass is 35.5. The second kappa shape index (κ2) is 5.96. The maximum atomic E-state index is 13.3. The summed E-state index contributed by atoms with van der Waals surface area (Å²) in [6, 6.07) is 5.18. The molecule has 0 bridgehead atoms. The Bertz CT molecular complexity index is 314. The van der Waals surface area contributed by atoms with Crippen LogP contribution in [0.4, 0.5) is 4.39 Å². The Kier molecular flexibility index (Phi) is 4.89. The van der Waals surface area contributed by atoms with Crippen LogP contribution in [-0.4, -0.2) is 6.36 Å². The zero-order valence-electron chi connectivity index (χ0n) is 9.09. The smallest absolute Gasteiger partial charge is 0.238 e. The highest BCUT2D eigenvalue weighted by Gasteiger charge is 2.09. The molecule has 1 unspecified atom stereocenters. The molecule has 15 heavy (non-hydrogen) atoms. The van der Waals surface area contributed by atoms with Gasteiger partial charge in [-0.3, -0.25) is 0 Å². The largest absolute Gasteiger partial charge is 0.460 e. The molecule has 1 atom stereocenters. The van der Waals surface area contributed by atoms with Gasteiger partial charge < -0.3 is 4.74 Å². The van der Waals surface area contributed by atoms with Crippen molar-refractivity contribution in [3.05, 3.63) is 28.8 Å². The fraction of sp³-hybridized carbons (Fsp3) is 0.500. The van der Waals surface area contributed by atoms with E-state index < -0.39 is 6.36 Å². The quantitative estimate of drug-likeness (QED) is 0.723. The fourth-order valence-corrected chi connectivity index (χ4v) is 1.53. The summed E-state index contributed by atoms with van der Waals surface area (Å²) in [5.74, 6) is 0.572. The number of benzene rings is 1. The minimum atomic E-state index is -1.22. The average molecular weight is 231 g/mol. The first kappa shape index (κ1) is 12.3. The molecule has 84 valence electrons. The monoisotopic (exact) mass is 230 g/mol. The summed E-state index contributed by atoms with van der Waals surface area (Å²) in [7, 11) is 0. The molecule has 0 amide bonds. The van der Waals surface area contributed by atoms with Crippen molar-refractivity contribution in [1.29, 1.82) is 0 Å². The molecule has 0 aromatic heterocycles. The van der Waals surface area contributed by atoms with Crippen molar-refractivity contribution in [3.63, 3.8) is 0 Å². The zero-order chi connectivity index (χ0) is 11.3. The number of rotatable bonds is 5. The number of unbranched alkanes of at least 4 members (excludes halogenated alkanes) is 1. The molecule has 0 fully saturated rings. The van der Waals surface area contributed by atoms with E-state index in [4.69, 9.17) is 16.3 Å². The predicted molar refractivity (Wildman–Crippen MR) is 61.2 cm³/mol. The van der Waals surface area contributed by atoms with Gasteiger partial charge in [-0.15, -0.1) is 0 Å². The van der Waals surface area contributed by atoms with Crippen molar-refractivity contribution in [1.82, 2.24) is 0 Å². The molecule has 0 radical (unpaired) electrons. The van der Waals surface area contributed by atoms with Crippen molar-refractivity contribution in [2.75, 3.05) is 0 Å². The van der Waals surface area contributed by atoms with Crippen LogP contribution in [0.25, 0.3) is 0 Å². The maximum Gasteiger partial charge on any atom is 0.238 e. The van der Waals surface area contributed by atoms with Crippen LogP contribution in [0, 0.1) is 6.92 Å². The van der Waals surface area contributed by atoms with Crippen molar-refractivity contribution >= 4 is 11.6 Å². The molecule has 1 nitrogen and oxygen atoms in total. The van der Waals surface area contributed by atoms with Crippen LogP contribution in [-0.2, 0) is 0 Å². The third-order valence-corrected chi connectivity index (χ3v) is 2.41. The first-order valence-electron chi connectivity index (χ1n) is 5.20. The van der Waals surface area contributed by atoms with Gasteiger partial charge in [-0.1, -0.05) is 24.9 Å². The van der Waals surface area contributed by atoms with Gasteiger partial charge >= 0.3 is 0 Å². The average Bonchev–Trinajstić information content (AvgIpc) is 2.19. The van der Waals surface area contributed by atoms with Gasteiger partial charge in [-0.2, -0.15) is 0 Å². The van der Waals surface area contributed by atoms with Crippen LogP contribution < -0.4 is 4.74 Å². The standard InChI is InChI=1S/C12H16ClFO/c1-3-4-5-12(14)15-11-7-6-10(13)8-9(11)2/h6-8,12H,3-5H2,1-2H3. The van der Waals surface area contributed by atoms with Gasteiger partial charge in [0.2, 0.25) is 6.36 Å². The molecule has 0 heterocycles. The summed E-state index contributed by atoms with van der Waals surface area (Å²) in [6.45, 7) is 3.88. The SMILES string of the molecule is CCCCC(F)Oc1ccc(Cl)cc1C. The van der Waals surface area contributed by atoms with E-state index in [-0.39, 0.29) is 0 Å². The Labute approximate surface area is 95.2 Å². The van der Waals surface area contributed by atoms with Crippen LogP contribution in [0.15, 0.2) is 18.2 Å². The lowest BCUT2D eigenvalue weighted by molar-refractivity contribution is 0.0567. The third kappa shape index (κ3) is 4.08. The minimum Gasteiger partial charge on any atom is -0.460 e. The number of aryl methyl sites for hydroxylation is 1. The molecule has 1 aromatic rings. The molecule has 1 rings (SSSR count). The lowest BCUT2D eigenvalue weighted by atomic mass is 10.2. The van der Waals surface area contributed by atoms with E-state index in [0.717, 1.165) is 18.4 Å². The Balaban J connectivity index is 2.56. The van der Waals surface area contributed by atoms with E-state index in [9.17, 15) is 4.39 Å². The molecule has 0 aliphatic rings. The van der Waals surface area contributed by atoms with Crippen molar-refractivity contribution in [2.45, 2.75) is 39.5 Å². The molecule has 0 aliphatic heterocycles. The predicted octanol–water partition coefficient (Wildman–Crippen LogP) is 4.51. The molecule has 0 saturated heterocycles. The van der Waals surface area contributed by atoms with Crippen LogP contribution in [0.1, 0.15) is 31.7 Å². The van der Waals surface area contributed by atoms with Crippen LogP contribution in [0.5, 0.6) is 5.75 Å². The zero-order valence-corrected chi connectivity index (χ0v) is 9.85. The summed E-state index contributed by atoms with van der Waals surface area (Å²) in [5, 5.41) is 0.642. The molecular formula is C12H16ClFO.